The molecule has 168 valence electrons. The third-order valence-corrected chi connectivity index (χ3v) is 7.37. The van der Waals surface area contributed by atoms with Crippen LogP contribution in [-0.2, 0) is 17.9 Å². The molecule has 0 N–H and O–H groups in total. The van der Waals surface area contributed by atoms with Crippen LogP contribution in [0.2, 0.25) is 10.0 Å². The molecule has 0 aromatic heterocycles. The number of amides is 1. The van der Waals surface area contributed by atoms with Crippen LogP contribution in [0.3, 0.4) is 0 Å². The van der Waals surface area contributed by atoms with Gasteiger partial charge in [-0.1, -0.05) is 81.3 Å². The Bertz CT molecular complexity index is 1270. The molecule has 0 saturated carbocycles. The fraction of sp³-hybridized carbons (Fsp3) is 0.0833. The Morgan fingerprint density at radius 3 is 2.48 bits per heavy atom. The Morgan fingerprint density at radius 1 is 1.03 bits per heavy atom. The maximum atomic E-state index is 13.2. The van der Waals surface area contributed by atoms with Crippen LogP contribution in [0.1, 0.15) is 16.7 Å². The first-order valence-electron chi connectivity index (χ1n) is 9.66. The second-order valence-corrected chi connectivity index (χ2v) is 10.5. The number of carbonyl (C=O) groups is 1. The molecule has 3 nitrogen and oxygen atoms in total. The molecule has 33 heavy (non-hydrogen) atoms. The number of ether oxygens (including phenoxy) is 1. The Kier molecular flexibility index (Phi) is 7.76. The zero-order chi connectivity index (χ0) is 23.5. The third-order valence-electron chi connectivity index (χ3n) is 4.76. The van der Waals surface area contributed by atoms with Gasteiger partial charge in [-0.3, -0.25) is 9.69 Å². The van der Waals surface area contributed by atoms with E-state index in [-0.39, 0.29) is 24.9 Å². The molecule has 1 aliphatic rings. The van der Waals surface area contributed by atoms with E-state index in [0.29, 0.717) is 25.0 Å². The molecule has 3 aromatic carbocycles. The smallest absolute Gasteiger partial charge is 0.266 e. The number of thioether (sulfide) groups is 1. The highest BCUT2D eigenvalue weighted by atomic mass is 79.9. The number of nitrogens with zero attached hydrogens (tertiary/aromatic N) is 1. The van der Waals surface area contributed by atoms with Crippen LogP contribution in [-0.4, -0.2) is 15.1 Å². The number of hydrogen-bond donors (Lipinski definition) is 0. The fourth-order valence-corrected chi connectivity index (χ4v) is 5.05. The van der Waals surface area contributed by atoms with Gasteiger partial charge in [0, 0.05) is 10.0 Å². The van der Waals surface area contributed by atoms with Crippen LogP contribution in [0.25, 0.3) is 6.08 Å². The summed E-state index contributed by atoms with van der Waals surface area (Å²) in [5.41, 5.74) is 2.39. The molecule has 4 rings (SSSR count). The van der Waals surface area contributed by atoms with Crippen LogP contribution in [0.4, 0.5) is 4.39 Å². The number of benzene rings is 3. The number of rotatable bonds is 6. The monoisotopic (exact) mass is 581 g/mol. The number of thiocarbonyl (C=S) groups is 1. The van der Waals surface area contributed by atoms with Crippen molar-refractivity contribution in [3.8, 4) is 5.75 Å². The molecule has 0 atom stereocenters. The Balaban J connectivity index is 1.54. The summed E-state index contributed by atoms with van der Waals surface area (Å²) < 4.78 is 20.5. The van der Waals surface area contributed by atoms with Gasteiger partial charge in [-0.05, 0) is 59.7 Å². The highest BCUT2D eigenvalue weighted by Crippen LogP contribution is 2.36. The molecule has 1 saturated heterocycles. The zero-order valence-electron chi connectivity index (χ0n) is 16.9. The number of hydrogen-bond acceptors (Lipinski definition) is 4. The molecule has 1 heterocycles. The topological polar surface area (TPSA) is 29.5 Å². The Hall–Kier alpha value is -1.90. The second kappa shape index (κ2) is 10.6. The average molecular weight is 583 g/mol. The predicted octanol–water partition coefficient (Wildman–Crippen LogP) is 7.88. The quantitative estimate of drug-likeness (QED) is 0.218. The summed E-state index contributed by atoms with van der Waals surface area (Å²) >= 11 is 22.2. The van der Waals surface area contributed by atoms with E-state index in [1.807, 2.05) is 24.3 Å². The molecule has 0 aliphatic carbocycles. The summed E-state index contributed by atoms with van der Waals surface area (Å²) in [6.45, 7) is 0.562. The maximum Gasteiger partial charge on any atom is 0.266 e. The van der Waals surface area contributed by atoms with E-state index in [1.54, 1.807) is 30.3 Å². The molecule has 1 aliphatic heterocycles. The average Bonchev–Trinajstić information content (AvgIpc) is 3.04. The van der Waals surface area contributed by atoms with Crippen molar-refractivity contribution in [2.45, 2.75) is 13.2 Å². The summed E-state index contributed by atoms with van der Waals surface area (Å²) in [5, 5.41) is 0.936. The van der Waals surface area contributed by atoms with Gasteiger partial charge >= 0.3 is 0 Å². The molecular weight excluding hydrogens is 568 g/mol. The molecular formula is C24H15BrCl2FNO2S2. The summed E-state index contributed by atoms with van der Waals surface area (Å²) in [5.74, 6) is 0.0740. The minimum absolute atomic E-state index is 0.204. The van der Waals surface area contributed by atoms with E-state index in [4.69, 9.17) is 40.2 Å². The SMILES string of the molecule is O=C1C(=Cc2cc(Br)ccc2OCc2ccc(Cl)c(Cl)c2)SC(=S)N1Cc1ccc(F)cc1. The third kappa shape index (κ3) is 5.97. The van der Waals surface area contributed by atoms with Gasteiger partial charge in [0.05, 0.1) is 21.5 Å². The lowest BCUT2D eigenvalue weighted by Gasteiger charge is -2.14. The second-order valence-electron chi connectivity index (χ2n) is 7.11. The van der Waals surface area contributed by atoms with Crippen molar-refractivity contribution in [2.24, 2.45) is 0 Å². The van der Waals surface area contributed by atoms with E-state index in [9.17, 15) is 9.18 Å². The lowest BCUT2D eigenvalue weighted by atomic mass is 10.1. The van der Waals surface area contributed by atoms with Crippen LogP contribution < -0.4 is 4.74 Å². The first kappa shape index (κ1) is 24.2. The fourth-order valence-electron chi connectivity index (χ4n) is 3.10. The summed E-state index contributed by atoms with van der Waals surface area (Å²) in [4.78, 5) is 15.0. The highest BCUT2D eigenvalue weighted by Gasteiger charge is 2.32. The lowest BCUT2D eigenvalue weighted by Crippen LogP contribution is -2.27. The molecule has 3 aromatic rings. The normalized spacial score (nSPS) is 14.9. The first-order chi connectivity index (χ1) is 15.8. The van der Waals surface area contributed by atoms with Crippen LogP contribution in [0.5, 0.6) is 5.75 Å². The standard InChI is InChI=1S/C24H15BrCl2FNO2S2/c25-17-4-8-21(31-13-15-3-7-19(26)20(27)9-15)16(10-17)11-22-23(30)29(24(32)33-22)12-14-1-5-18(28)6-2-14/h1-11H,12-13H2. The van der Waals surface area contributed by atoms with Crippen molar-refractivity contribution in [1.82, 2.24) is 4.90 Å². The van der Waals surface area contributed by atoms with E-state index in [2.05, 4.69) is 15.9 Å². The van der Waals surface area contributed by atoms with Gasteiger partial charge in [-0.25, -0.2) is 4.39 Å². The van der Waals surface area contributed by atoms with Crippen molar-refractivity contribution in [2.75, 3.05) is 0 Å². The lowest BCUT2D eigenvalue weighted by molar-refractivity contribution is -0.122. The molecule has 0 spiro atoms. The Morgan fingerprint density at radius 2 is 1.76 bits per heavy atom. The largest absolute Gasteiger partial charge is 0.488 e. The van der Waals surface area contributed by atoms with Crippen molar-refractivity contribution in [1.29, 1.82) is 0 Å². The van der Waals surface area contributed by atoms with E-state index >= 15 is 0 Å². The van der Waals surface area contributed by atoms with Crippen molar-refractivity contribution < 1.29 is 13.9 Å². The minimum Gasteiger partial charge on any atom is -0.488 e. The predicted molar refractivity (Wildman–Crippen MR) is 140 cm³/mol. The van der Waals surface area contributed by atoms with Crippen molar-refractivity contribution in [3.05, 3.63) is 103 Å². The van der Waals surface area contributed by atoms with E-state index in [0.717, 1.165) is 21.2 Å². The van der Waals surface area contributed by atoms with Gasteiger partial charge in [-0.15, -0.1) is 0 Å². The number of halogens is 4. The summed E-state index contributed by atoms with van der Waals surface area (Å²) in [6, 6.07) is 16.9. The maximum absolute atomic E-state index is 13.2. The van der Waals surface area contributed by atoms with Crippen LogP contribution in [0, 0.1) is 5.82 Å². The Labute approximate surface area is 218 Å². The van der Waals surface area contributed by atoms with Gasteiger partial charge in [-0.2, -0.15) is 0 Å². The van der Waals surface area contributed by atoms with Crippen LogP contribution in [0.15, 0.2) is 70.0 Å². The number of carbonyl (C=O) groups excluding carboxylic acids is 1. The molecule has 0 radical (unpaired) electrons. The first-order valence-corrected chi connectivity index (χ1v) is 12.4. The van der Waals surface area contributed by atoms with Crippen LogP contribution >= 0.6 is 63.1 Å². The molecule has 0 unspecified atom stereocenters. The van der Waals surface area contributed by atoms with Gasteiger partial charge in [0.1, 0.15) is 22.5 Å². The molecule has 9 heteroatoms. The van der Waals surface area contributed by atoms with E-state index in [1.165, 1.54) is 28.8 Å². The molecule has 1 fully saturated rings. The van der Waals surface area contributed by atoms with Gasteiger partial charge in [0.25, 0.3) is 5.91 Å². The van der Waals surface area contributed by atoms with Gasteiger partial charge < -0.3 is 4.74 Å². The molecule has 1 amide bonds. The van der Waals surface area contributed by atoms with E-state index < -0.39 is 0 Å². The minimum atomic E-state index is -0.327. The molecule has 0 bridgehead atoms. The summed E-state index contributed by atoms with van der Waals surface area (Å²) in [7, 11) is 0. The van der Waals surface area contributed by atoms with Gasteiger partial charge in [0.15, 0.2) is 0 Å². The van der Waals surface area contributed by atoms with Gasteiger partial charge in [0.2, 0.25) is 0 Å². The van der Waals surface area contributed by atoms with Crippen molar-refractivity contribution >= 4 is 79.4 Å². The highest BCUT2D eigenvalue weighted by molar-refractivity contribution is 9.10. The zero-order valence-corrected chi connectivity index (χ0v) is 21.6. The summed E-state index contributed by atoms with van der Waals surface area (Å²) in [6.07, 6.45) is 1.76. The van der Waals surface area contributed by atoms with Crippen molar-refractivity contribution in [3.63, 3.8) is 0 Å².